The molecule has 1 saturated heterocycles. The van der Waals surface area contributed by atoms with Crippen LogP contribution in [0.25, 0.3) is 0 Å². The summed E-state index contributed by atoms with van der Waals surface area (Å²) in [5, 5.41) is 3.30. The Morgan fingerprint density at radius 2 is 2.05 bits per heavy atom. The maximum absolute atomic E-state index is 13.1. The number of ether oxygens (including phenoxy) is 1. The Hall–Kier alpha value is -1.92. The summed E-state index contributed by atoms with van der Waals surface area (Å²) in [5.74, 6) is 0.590. The Labute approximate surface area is 134 Å². The third-order valence-electron chi connectivity index (χ3n) is 3.32. The monoisotopic (exact) mass is 324 g/mol. The van der Waals surface area contributed by atoms with Gasteiger partial charge >= 0.3 is 6.01 Å². The van der Waals surface area contributed by atoms with Crippen molar-refractivity contribution in [2.24, 2.45) is 0 Å². The third kappa shape index (κ3) is 4.29. The molecule has 5 nitrogen and oxygen atoms in total. The minimum Gasteiger partial charge on any atom is -0.459 e. The van der Waals surface area contributed by atoms with E-state index < -0.39 is 0 Å². The van der Waals surface area contributed by atoms with Gasteiger partial charge in [-0.1, -0.05) is 12.1 Å². The van der Waals surface area contributed by atoms with Gasteiger partial charge in [0.15, 0.2) is 0 Å². The van der Waals surface area contributed by atoms with Crippen LogP contribution in [0.15, 0.2) is 36.5 Å². The van der Waals surface area contributed by atoms with Crippen LogP contribution in [0.3, 0.4) is 0 Å². The highest BCUT2D eigenvalue weighted by atomic mass is 35.5. The number of halogens is 2. The molecule has 118 valence electrons. The first-order chi connectivity index (χ1) is 10.3. The second-order valence-electron chi connectivity index (χ2n) is 4.85. The highest BCUT2D eigenvalue weighted by Gasteiger charge is 2.12. The number of nitrogens with zero attached hydrogens (tertiary/aromatic N) is 3. The van der Waals surface area contributed by atoms with Gasteiger partial charge in [-0.3, -0.25) is 0 Å². The summed E-state index contributed by atoms with van der Waals surface area (Å²) >= 11 is 0. The molecule has 1 aliphatic rings. The van der Waals surface area contributed by atoms with Crippen LogP contribution < -0.4 is 15.0 Å². The molecule has 0 aliphatic carbocycles. The summed E-state index contributed by atoms with van der Waals surface area (Å²) < 4.78 is 18.6. The van der Waals surface area contributed by atoms with Crippen molar-refractivity contribution in [3.8, 4) is 6.01 Å². The predicted molar refractivity (Wildman–Crippen MR) is 85.1 cm³/mol. The Bertz CT molecular complexity index is 608. The van der Waals surface area contributed by atoms with Crippen LogP contribution in [0.1, 0.15) is 5.56 Å². The molecule has 0 unspecified atom stereocenters. The Morgan fingerprint density at radius 3 is 2.82 bits per heavy atom. The second kappa shape index (κ2) is 7.91. The van der Waals surface area contributed by atoms with Crippen molar-refractivity contribution in [3.63, 3.8) is 0 Å². The minimum atomic E-state index is -0.272. The van der Waals surface area contributed by atoms with Crippen molar-refractivity contribution in [3.05, 3.63) is 47.9 Å². The fraction of sp³-hybridized carbons (Fsp3) is 0.333. The number of aromatic nitrogens is 2. The first-order valence-corrected chi connectivity index (χ1v) is 6.97. The largest absolute Gasteiger partial charge is 0.459 e. The molecule has 1 aromatic carbocycles. The van der Waals surface area contributed by atoms with Crippen LogP contribution in [0.2, 0.25) is 0 Å². The lowest BCUT2D eigenvalue weighted by Gasteiger charge is -2.28. The maximum Gasteiger partial charge on any atom is 0.318 e. The quantitative estimate of drug-likeness (QED) is 0.932. The zero-order valence-corrected chi connectivity index (χ0v) is 12.9. The number of piperazine rings is 1. The van der Waals surface area contributed by atoms with E-state index in [4.69, 9.17) is 4.74 Å². The lowest BCUT2D eigenvalue weighted by molar-refractivity contribution is 0.280. The zero-order chi connectivity index (χ0) is 14.5. The second-order valence-corrected chi connectivity index (χ2v) is 4.85. The Kier molecular flexibility index (Phi) is 5.91. The number of rotatable bonds is 4. The van der Waals surface area contributed by atoms with E-state index in [9.17, 15) is 4.39 Å². The molecular weight excluding hydrogens is 307 g/mol. The first-order valence-electron chi connectivity index (χ1n) is 6.97. The molecule has 0 saturated carbocycles. The molecule has 0 amide bonds. The fourth-order valence-electron chi connectivity index (χ4n) is 2.25. The average molecular weight is 325 g/mol. The molecule has 7 heteroatoms. The van der Waals surface area contributed by atoms with Crippen LogP contribution in [0.5, 0.6) is 6.01 Å². The van der Waals surface area contributed by atoms with Crippen molar-refractivity contribution in [1.29, 1.82) is 0 Å². The van der Waals surface area contributed by atoms with Gasteiger partial charge in [-0.05, 0) is 23.8 Å². The SMILES string of the molecule is Cl.Fc1cccc(COc2nccc(N3CCNCC3)n2)c1. The van der Waals surface area contributed by atoms with E-state index in [1.165, 1.54) is 12.1 Å². The van der Waals surface area contributed by atoms with Crippen molar-refractivity contribution in [1.82, 2.24) is 15.3 Å². The summed E-state index contributed by atoms with van der Waals surface area (Å²) in [6.45, 7) is 3.98. The summed E-state index contributed by atoms with van der Waals surface area (Å²) in [6.07, 6.45) is 1.69. The molecule has 3 rings (SSSR count). The van der Waals surface area contributed by atoms with Crippen molar-refractivity contribution < 1.29 is 9.13 Å². The highest BCUT2D eigenvalue weighted by molar-refractivity contribution is 5.85. The smallest absolute Gasteiger partial charge is 0.318 e. The van der Waals surface area contributed by atoms with Crippen LogP contribution >= 0.6 is 12.4 Å². The van der Waals surface area contributed by atoms with Crippen molar-refractivity contribution in [2.75, 3.05) is 31.1 Å². The van der Waals surface area contributed by atoms with E-state index in [0.29, 0.717) is 6.01 Å². The van der Waals surface area contributed by atoms with Crippen molar-refractivity contribution in [2.45, 2.75) is 6.61 Å². The maximum atomic E-state index is 13.1. The van der Waals surface area contributed by atoms with E-state index in [1.54, 1.807) is 12.3 Å². The average Bonchev–Trinajstić information content (AvgIpc) is 2.54. The molecule has 2 heterocycles. The van der Waals surface area contributed by atoms with Gasteiger partial charge in [0.05, 0.1) is 0 Å². The minimum absolute atomic E-state index is 0. The molecule has 1 fully saturated rings. The van der Waals surface area contributed by atoms with Gasteiger partial charge in [0.25, 0.3) is 0 Å². The number of nitrogens with one attached hydrogen (secondary N) is 1. The molecule has 1 aromatic heterocycles. The van der Waals surface area contributed by atoms with Gasteiger partial charge in [-0.25, -0.2) is 9.37 Å². The first kappa shape index (κ1) is 16.5. The number of benzene rings is 1. The zero-order valence-electron chi connectivity index (χ0n) is 12.0. The summed E-state index contributed by atoms with van der Waals surface area (Å²) in [6, 6.07) is 8.51. The summed E-state index contributed by atoms with van der Waals surface area (Å²) in [7, 11) is 0. The number of anilines is 1. The highest BCUT2D eigenvalue weighted by Crippen LogP contribution is 2.15. The molecule has 0 bridgehead atoms. The van der Waals surface area contributed by atoms with Gasteiger partial charge < -0.3 is 15.0 Å². The number of hydrogen-bond donors (Lipinski definition) is 1. The van der Waals surface area contributed by atoms with Crippen LogP contribution in [0.4, 0.5) is 10.2 Å². The molecule has 0 atom stereocenters. The Balaban J connectivity index is 0.00000176. The van der Waals surface area contributed by atoms with E-state index in [2.05, 4.69) is 20.2 Å². The van der Waals surface area contributed by atoms with Gasteiger partial charge in [-0.15, -0.1) is 12.4 Å². The molecule has 1 aliphatic heterocycles. The fourth-order valence-corrected chi connectivity index (χ4v) is 2.25. The third-order valence-corrected chi connectivity index (χ3v) is 3.32. The van der Waals surface area contributed by atoms with Gasteiger partial charge in [-0.2, -0.15) is 4.98 Å². The number of hydrogen-bond acceptors (Lipinski definition) is 5. The lowest BCUT2D eigenvalue weighted by atomic mass is 10.2. The molecule has 0 radical (unpaired) electrons. The standard InChI is InChI=1S/C15H17FN4O.ClH/c16-13-3-1-2-12(10-13)11-21-15-18-5-4-14(19-15)20-8-6-17-7-9-20;/h1-5,10,17H,6-9,11H2;1H. The van der Waals surface area contributed by atoms with E-state index >= 15 is 0 Å². The lowest BCUT2D eigenvalue weighted by Crippen LogP contribution is -2.43. The van der Waals surface area contributed by atoms with Crippen molar-refractivity contribution >= 4 is 18.2 Å². The molecule has 0 spiro atoms. The molecule has 1 N–H and O–H groups in total. The van der Waals surface area contributed by atoms with Crippen LogP contribution in [-0.2, 0) is 6.61 Å². The van der Waals surface area contributed by atoms with Crippen LogP contribution in [0, 0.1) is 5.82 Å². The van der Waals surface area contributed by atoms with E-state index in [-0.39, 0.29) is 24.8 Å². The summed E-state index contributed by atoms with van der Waals surface area (Å²) in [4.78, 5) is 10.7. The van der Waals surface area contributed by atoms with Gasteiger partial charge in [0, 0.05) is 32.4 Å². The van der Waals surface area contributed by atoms with Gasteiger partial charge in [0.2, 0.25) is 0 Å². The van der Waals surface area contributed by atoms with Gasteiger partial charge in [0.1, 0.15) is 18.2 Å². The van der Waals surface area contributed by atoms with Crippen LogP contribution in [-0.4, -0.2) is 36.1 Å². The summed E-state index contributed by atoms with van der Waals surface area (Å²) in [5.41, 5.74) is 0.756. The van der Waals surface area contributed by atoms with E-state index in [1.807, 2.05) is 12.1 Å². The molecule has 2 aromatic rings. The van der Waals surface area contributed by atoms with E-state index in [0.717, 1.165) is 37.6 Å². The predicted octanol–water partition coefficient (Wildman–Crippen LogP) is 2.03. The molecule has 22 heavy (non-hydrogen) atoms. The molecular formula is C15H18ClFN4O. The Morgan fingerprint density at radius 1 is 1.23 bits per heavy atom. The normalized spacial score (nSPS) is 14.3. The topological polar surface area (TPSA) is 50.3 Å².